The molecule has 3 rings (SSSR count). The van der Waals surface area contributed by atoms with Crippen molar-refractivity contribution in [1.29, 1.82) is 0 Å². The van der Waals surface area contributed by atoms with Gasteiger partial charge in [-0.05, 0) is 30.5 Å². The quantitative estimate of drug-likeness (QED) is 0.843. The second kappa shape index (κ2) is 5.36. The molecule has 0 bridgehead atoms. The maximum atomic E-state index is 13.3. The highest BCUT2D eigenvalue weighted by atomic mass is 19.1. The van der Waals surface area contributed by atoms with Gasteiger partial charge in [0.15, 0.2) is 0 Å². The van der Waals surface area contributed by atoms with Gasteiger partial charge >= 0.3 is 0 Å². The first kappa shape index (κ1) is 12.7. The summed E-state index contributed by atoms with van der Waals surface area (Å²) in [6.07, 6.45) is 6.25. The number of carbonyl (C=O) groups excluding carboxylic acids is 1. The van der Waals surface area contributed by atoms with E-state index in [9.17, 15) is 9.18 Å². The standard InChI is InChI=1S/C15H14FN3O/c16-12-4-1-3-11(9-12)14-5-2-8-19(14)15(20)13-10-17-6-7-18-13/h1,3-4,6-7,9-10,14H,2,5,8H2. The smallest absolute Gasteiger partial charge is 0.274 e. The summed E-state index contributed by atoms with van der Waals surface area (Å²) in [5.74, 6) is -0.425. The molecular formula is C15H14FN3O. The summed E-state index contributed by atoms with van der Waals surface area (Å²) >= 11 is 0. The fraction of sp³-hybridized carbons (Fsp3) is 0.267. The van der Waals surface area contributed by atoms with Crippen LogP contribution in [0.3, 0.4) is 0 Å². The molecule has 1 aliphatic rings. The molecule has 4 nitrogen and oxygen atoms in total. The Morgan fingerprint density at radius 3 is 3.00 bits per heavy atom. The Balaban J connectivity index is 1.88. The van der Waals surface area contributed by atoms with Crippen molar-refractivity contribution in [2.45, 2.75) is 18.9 Å². The van der Waals surface area contributed by atoms with E-state index in [0.717, 1.165) is 18.4 Å². The van der Waals surface area contributed by atoms with Crippen LogP contribution in [0.1, 0.15) is 34.9 Å². The van der Waals surface area contributed by atoms with Gasteiger partial charge in [0.2, 0.25) is 0 Å². The van der Waals surface area contributed by atoms with Crippen molar-refractivity contribution in [1.82, 2.24) is 14.9 Å². The molecule has 1 aliphatic heterocycles. The number of nitrogens with zero attached hydrogens (tertiary/aromatic N) is 3. The van der Waals surface area contributed by atoms with E-state index in [2.05, 4.69) is 9.97 Å². The summed E-state index contributed by atoms with van der Waals surface area (Å²) in [5, 5.41) is 0. The summed E-state index contributed by atoms with van der Waals surface area (Å²) in [4.78, 5) is 22.2. The number of hydrogen-bond acceptors (Lipinski definition) is 3. The SMILES string of the molecule is O=C(c1cnccn1)N1CCCC1c1cccc(F)c1. The zero-order chi connectivity index (χ0) is 13.9. The van der Waals surface area contributed by atoms with Crippen LogP contribution in [0.25, 0.3) is 0 Å². The molecule has 0 aliphatic carbocycles. The molecule has 20 heavy (non-hydrogen) atoms. The number of benzene rings is 1. The van der Waals surface area contributed by atoms with Gasteiger partial charge in [-0.15, -0.1) is 0 Å². The second-order valence-electron chi connectivity index (χ2n) is 4.80. The average molecular weight is 271 g/mol. The van der Waals surface area contributed by atoms with E-state index in [-0.39, 0.29) is 17.8 Å². The monoisotopic (exact) mass is 271 g/mol. The lowest BCUT2D eigenvalue weighted by atomic mass is 10.0. The molecule has 1 aromatic heterocycles. The highest BCUT2D eigenvalue weighted by molar-refractivity contribution is 5.92. The van der Waals surface area contributed by atoms with E-state index >= 15 is 0 Å². The summed E-state index contributed by atoms with van der Waals surface area (Å²) in [6.45, 7) is 0.663. The van der Waals surface area contributed by atoms with Gasteiger partial charge in [0, 0.05) is 18.9 Å². The van der Waals surface area contributed by atoms with Crippen LogP contribution in [-0.2, 0) is 0 Å². The van der Waals surface area contributed by atoms with Crippen LogP contribution in [0.15, 0.2) is 42.9 Å². The van der Waals surface area contributed by atoms with Crippen molar-refractivity contribution in [3.8, 4) is 0 Å². The average Bonchev–Trinajstić information content (AvgIpc) is 2.97. The lowest BCUT2D eigenvalue weighted by Crippen LogP contribution is -2.31. The number of aromatic nitrogens is 2. The third-order valence-electron chi connectivity index (χ3n) is 3.53. The number of amides is 1. The van der Waals surface area contributed by atoms with Gasteiger partial charge < -0.3 is 4.90 Å². The van der Waals surface area contributed by atoms with E-state index in [4.69, 9.17) is 0 Å². The Labute approximate surface area is 116 Å². The van der Waals surface area contributed by atoms with Crippen LogP contribution in [0, 0.1) is 5.82 Å². The number of likely N-dealkylation sites (tertiary alicyclic amines) is 1. The van der Waals surface area contributed by atoms with Gasteiger partial charge in [-0.25, -0.2) is 9.37 Å². The number of rotatable bonds is 2. The molecule has 0 saturated carbocycles. The molecule has 2 heterocycles. The molecule has 2 aromatic rings. The summed E-state index contributed by atoms with van der Waals surface area (Å²) in [6, 6.07) is 6.35. The molecule has 0 radical (unpaired) electrons. The Morgan fingerprint density at radius 2 is 2.25 bits per heavy atom. The predicted molar refractivity (Wildman–Crippen MR) is 71.4 cm³/mol. The van der Waals surface area contributed by atoms with E-state index in [1.165, 1.54) is 30.7 Å². The number of hydrogen-bond donors (Lipinski definition) is 0. The van der Waals surface area contributed by atoms with Gasteiger partial charge in [-0.1, -0.05) is 12.1 Å². The lowest BCUT2D eigenvalue weighted by molar-refractivity contribution is 0.0729. The van der Waals surface area contributed by atoms with Crippen molar-refractivity contribution in [2.24, 2.45) is 0 Å². The maximum Gasteiger partial charge on any atom is 0.274 e. The molecule has 1 unspecified atom stereocenters. The first-order chi connectivity index (χ1) is 9.75. The van der Waals surface area contributed by atoms with Crippen molar-refractivity contribution < 1.29 is 9.18 Å². The second-order valence-corrected chi connectivity index (χ2v) is 4.80. The molecule has 102 valence electrons. The van der Waals surface area contributed by atoms with Gasteiger partial charge in [-0.3, -0.25) is 9.78 Å². The first-order valence-corrected chi connectivity index (χ1v) is 6.58. The van der Waals surface area contributed by atoms with Gasteiger partial charge in [0.25, 0.3) is 5.91 Å². The minimum Gasteiger partial charge on any atom is -0.330 e. The van der Waals surface area contributed by atoms with E-state index in [0.29, 0.717) is 12.2 Å². The van der Waals surface area contributed by atoms with E-state index < -0.39 is 0 Å². The number of halogens is 1. The maximum absolute atomic E-state index is 13.3. The first-order valence-electron chi connectivity index (χ1n) is 6.58. The molecule has 0 spiro atoms. The highest BCUT2D eigenvalue weighted by Gasteiger charge is 2.31. The Kier molecular flexibility index (Phi) is 3.41. The topological polar surface area (TPSA) is 46.1 Å². The number of carbonyl (C=O) groups is 1. The summed E-state index contributed by atoms with van der Waals surface area (Å²) in [7, 11) is 0. The minimum absolute atomic E-state index is 0.0831. The third kappa shape index (κ3) is 2.39. The van der Waals surface area contributed by atoms with Crippen LogP contribution in [0.2, 0.25) is 0 Å². The third-order valence-corrected chi connectivity index (χ3v) is 3.53. The molecule has 1 atom stereocenters. The van der Waals surface area contributed by atoms with Crippen molar-refractivity contribution >= 4 is 5.91 Å². The van der Waals surface area contributed by atoms with Crippen LogP contribution < -0.4 is 0 Å². The zero-order valence-electron chi connectivity index (χ0n) is 10.9. The van der Waals surface area contributed by atoms with Crippen LogP contribution in [0.5, 0.6) is 0 Å². The van der Waals surface area contributed by atoms with Crippen LogP contribution in [-0.4, -0.2) is 27.3 Å². The van der Waals surface area contributed by atoms with E-state index in [1.807, 2.05) is 6.07 Å². The molecule has 1 amide bonds. The molecule has 1 fully saturated rings. The van der Waals surface area contributed by atoms with Crippen molar-refractivity contribution in [3.05, 3.63) is 59.9 Å². The normalized spacial score (nSPS) is 18.2. The Hall–Kier alpha value is -2.30. The lowest BCUT2D eigenvalue weighted by Gasteiger charge is -2.24. The summed E-state index contributed by atoms with van der Waals surface area (Å²) < 4.78 is 13.3. The Bertz CT molecular complexity index is 618. The van der Waals surface area contributed by atoms with E-state index in [1.54, 1.807) is 11.0 Å². The van der Waals surface area contributed by atoms with Crippen LogP contribution in [0.4, 0.5) is 4.39 Å². The van der Waals surface area contributed by atoms with Crippen molar-refractivity contribution in [3.63, 3.8) is 0 Å². The van der Waals surface area contributed by atoms with Gasteiger partial charge in [0.1, 0.15) is 11.5 Å². The zero-order valence-corrected chi connectivity index (χ0v) is 10.9. The Morgan fingerprint density at radius 1 is 1.35 bits per heavy atom. The molecule has 0 N–H and O–H groups in total. The largest absolute Gasteiger partial charge is 0.330 e. The molecular weight excluding hydrogens is 257 g/mol. The van der Waals surface area contributed by atoms with Crippen molar-refractivity contribution in [2.75, 3.05) is 6.54 Å². The van der Waals surface area contributed by atoms with Gasteiger partial charge in [0.05, 0.1) is 12.2 Å². The molecule has 1 aromatic carbocycles. The van der Waals surface area contributed by atoms with Crippen LogP contribution >= 0.6 is 0 Å². The fourth-order valence-electron chi connectivity index (χ4n) is 2.63. The molecule has 5 heteroatoms. The molecule has 1 saturated heterocycles. The predicted octanol–water partition coefficient (Wildman–Crippen LogP) is 2.59. The minimum atomic E-state index is -0.277. The summed E-state index contributed by atoms with van der Waals surface area (Å²) in [5.41, 5.74) is 1.16. The highest BCUT2D eigenvalue weighted by Crippen LogP contribution is 2.32. The fourth-order valence-corrected chi connectivity index (χ4v) is 2.63. The van der Waals surface area contributed by atoms with Gasteiger partial charge in [-0.2, -0.15) is 0 Å².